The highest BCUT2D eigenvalue weighted by Gasteiger charge is 2.33. The molecule has 2 saturated heterocycles. The van der Waals surface area contributed by atoms with Crippen LogP contribution in [-0.2, 0) is 0 Å². The number of thioether (sulfide) groups is 1. The Balaban J connectivity index is 1.89. The van der Waals surface area contributed by atoms with E-state index in [1.807, 2.05) is 0 Å². The van der Waals surface area contributed by atoms with E-state index >= 15 is 0 Å². The summed E-state index contributed by atoms with van der Waals surface area (Å²) < 4.78 is 0. The van der Waals surface area contributed by atoms with Gasteiger partial charge in [-0.2, -0.15) is 11.8 Å². The molecule has 2 heterocycles. The van der Waals surface area contributed by atoms with Gasteiger partial charge in [0.15, 0.2) is 0 Å². The molecular weight excluding hydrogens is 190 g/mol. The van der Waals surface area contributed by atoms with Crippen molar-refractivity contribution in [1.82, 2.24) is 5.32 Å². The van der Waals surface area contributed by atoms with Crippen LogP contribution in [0.25, 0.3) is 0 Å². The molecule has 0 saturated carbocycles. The average Bonchev–Trinajstić information content (AvgIpc) is 2.72. The van der Waals surface area contributed by atoms with Crippen molar-refractivity contribution in [2.45, 2.75) is 51.0 Å². The van der Waals surface area contributed by atoms with Crippen LogP contribution in [0, 0.1) is 5.92 Å². The van der Waals surface area contributed by atoms with Crippen molar-refractivity contribution >= 4 is 11.8 Å². The SMILES string of the molecule is CCC1(CC2CCSC2)CCCCN1. The van der Waals surface area contributed by atoms with Crippen LogP contribution < -0.4 is 5.32 Å². The van der Waals surface area contributed by atoms with Crippen LogP contribution in [0.4, 0.5) is 0 Å². The molecule has 2 atom stereocenters. The van der Waals surface area contributed by atoms with E-state index in [4.69, 9.17) is 0 Å². The Kier molecular flexibility index (Phi) is 3.78. The highest BCUT2D eigenvalue weighted by molar-refractivity contribution is 7.99. The highest BCUT2D eigenvalue weighted by Crippen LogP contribution is 2.35. The fraction of sp³-hybridized carbons (Fsp3) is 1.00. The molecule has 0 spiro atoms. The van der Waals surface area contributed by atoms with Crippen LogP contribution in [0.5, 0.6) is 0 Å². The van der Waals surface area contributed by atoms with E-state index < -0.39 is 0 Å². The van der Waals surface area contributed by atoms with Crippen molar-refractivity contribution in [3.8, 4) is 0 Å². The predicted molar refractivity (Wildman–Crippen MR) is 64.9 cm³/mol. The highest BCUT2D eigenvalue weighted by atomic mass is 32.2. The van der Waals surface area contributed by atoms with E-state index in [-0.39, 0.29) is 0 Å². The van der Waals surface area contributed by atoms with Crippen LogP contribution in [-0.4, -0.2) is 23.6 Å². The van der Waals surface area contributed by atoms with Gasteiger partial charge in [-0.15, -0.1) is 0 Å². The molecule has 0 bridgehead atoms. The van der Waals surface area contributed by atoms with Crippen molar-refractivity contribution in [2.24, 2.45) is 5.92 Å². The molecule has 2 heteroatoms. The van der Waals surface area contributed by atoms with E-state index in [1.165, 1.54) is 56.6 Å². The fourth-order valence-corrected chi connectivity index (χ4v) is 4.23. The van der Waals surface area contributed by atoms with Gasteiger partial charge in [0.2, 0.25) is 0 Å². The van der Waals surface area contributed by atoms with Gasteiger partial charge in [-0.3, -0.25) is 0 Å². The Morgan fingerprint density at radius 1 is 1.43 bits per heavy atom. The third kappa shape index (κ3) is 2.46. The van der Waals surface area contributed by atoms with Gasteiger partial charge in [0, 0.05) is 5.54 Å². The maximum absolute atomic E-state index is 3.80. The summed E-state index contributed by atoms with van der Waals surface area (Å²) in [4.78, 5) is 0. The summed E-state index contributed by atoms with van der Waals surface area (Å²) >= 11 is 2.15. The number of rotatable bonds is 3. The molecule has 0 aromatic carbocycles. The summed E-state index contributed by atoms with van der Waals surface area (Å²) in [6.07, 6.45) is 8.49. The monoisotopic (exact) mass is 213 g/mol. The zero-order chi connectivity index (χ0) is 9.86. The summed E-state index contributed by atoms with van der Waals surface area (Å²) in [5.41, 5.74) is 0.522. The first kappa shape index (κ1) is 10.8. The molecule has 1 N–H and O–H groups in total. The second-order valence-electron chi connectivity index (χ2n) is 4.95. The van der Waals surface area contributed by atoms with E-state index in [1.54, 1.807) is 0 Å². The minimum Gasteiger partial charge on any atom is -0.311 e. The molecule has 2 unspecified atom stereocenters. The number of nitrogens with one attached hydrogen (secondary N) is 1. The zero-order valence-electron chi connectivity index (χ0n) is 9.35. The fourth-order valence-electron chi connectivity index (χ4n) is 2.95. The van der Waals surface area contributed by atoms with Crippen LogP contribution in [0.15, 0.2) is 0 Å². The lowest BCUT2D eigenvalue weighted by atomic mass is 9.79. The summed E-state index contributed by atoms with van der Waals surface area (Å²) in [5.74, 6) is 3.83. The first-order valence-electron chi connectivity index (χ1n) is 6.17. The Hall–Kier alpha value is 0.310. The molecular formula is C12H23NS. The average molecular weight is 213 g/mol. The largest absolute Gasteiger partial charge is 0.311 e. The summed E-state index contributed by atoms with van der Waals surface area (Å²) in [6, 6.07) is 0. The Labute approximate surface area is 92.4 Å². The van der Waals surface area contributed by atoms with Crippen molar-refractivity contribution in [3.63, 3.8) is 0 Å². The lowest BCUT2D eigenvalue weighted by Gasteiger charge is -2.39. The Morgan fingerprint density at radius 3 is 2.93 bits per heavy atom. The van der Waals surface area contributed by atoms with E-state index in [0.717, 1.165) is 5.92 Å². The van der Waals surface area contributed by atoms with Gasteiger partial charge < -0.3 is 5.32 Å². The molecule has 2 fully saturated rings. The van der Waals surface area contributed by atoms with Crippen LogP contribution in [0.2, 0.25) is 0 Å². The minimum atomic E-state index is 0.522. The molecule has 0 aromatic rings. The maximum atomic E-state index is 3.80. The molecule has 14 heavy (non-hydrogen) atoms. The standard InChI is InChI=1S/C12H23NS/c1-2-12(6-3-4-7-13-12)9-11-5-8-14-10-11/h11,13H,2-10H2,1H3. The Bertz CT molecular complexity index is 169. The second-order valence-corrected chi connectivity index (χ2v) is 6.10. The van der Waals surface area contributed by atoms with Gasteiger partial charge >= 0.3 is 0 Å². The molecule has 2 aliphatic heterocycles. The van der Waals surface area contributed by atoms with Gasteiger partial charge in [0.05, 0.1) is 0 Å². The van der Waals surface area contributed by atoms with Crippen molar-refractivity contribution in [3.05, 3.63) is 0 Å². The van der Waals surface area contributed by atoms with E-state index in [2.05, 4.69) is 24.0 Å². The zero-order valence-corrected chi connectivity index (χ0v) is 10.2. The van der Waals surface area contributed by atoms with E-state index in [0.29, 0.717) is 5.54 Å². The van der Waals surface area contributed by atoms with Crippen LogP contribution in [0.3, 0.4) is 0 Å². The molecule has 2 aliphatic rings. The topological polar surface area (TPSA) is 12.0 Å². The molecule has 82 valence electrons. The van der Waals surface area contributed by atoms with Crippen molar-refractivity contribution < 1.29 is 0 Å². The first-order chi connectivity index (χ1) is 6.85. The van der Waals surface area contributed by atoms with E-state index in [9.17, 15) is 0 Å². The van der Waals surface area contributed by atoms with Crippen molar-refractivity contribution in [2.75, 3.05) is 18.1 Å². The predicted octanol–water partition coefficient (Wildman–Crippen LogP) is 3.05. The quantitative estimate of drug-likeness (QED) is 0.773. The molecule has 1 nitrogen and oxygen atoms in total. The molecule has 0 radical (unpaired) electrons. The smallest absolute Gasteiger partial charge is 0.0181 e. The number of hydrogen-bond acceptors (Lipinski definition) is 2. The summed E-state index contributed by atoms with van der Waals surface area (Å²) in [5, 5.41) is 3.80. The van der Waals surface area contributed by atoms with Gasteiger partial charge in [-0.05, 0) is 56.1 Å². The maximum Gasteiger partial charge on any atom is 0.0181 e. The molecule has 0 amide bonds. The lowest BCUT2D eigenvalue weighted by molar-refractivity contribution is 0.201. The van der Waals surface area contributed by atoms with Gasteiger partial charge in [-0.25, -0.2) is 0 Å². The third-order valence-corrected chi connectivity index (χ3v) is 5.19. The van der Waals surface area contributed by atoms with Crippen molar-refractivity contribution in [1.29, 1.82) is 0 Å². The molecule has 2 rings (SSSR count). The normalized spacial score (nSPS) is 38.8. The summed E-state index contributed by atoms with van der Waals surface area (Å²) in [7, 11) is 0. The Morgan fingerprint density at radius 2 is 2.36 bits per heavy atom. The van der Waals surface area contributed by atoms with Gasteiger partial charge in [0.1, 0.15) is 0 Å². The van der Waals surface area contributed by atoms with Gasteiger partial charge in [0.25, 0.3) is 0 Å². The molecule has 0 aromatic heterocycles. The molecule has 0 aliphatic carbocycles. The number of piperidine rings is 1. The van der Waals surface area contributed by atoms with Crippen LogP contribution >= 0.6 is 11.8 Å². The lowest BCUT2D eigenvalue weighted by Crippen LogP contribution is -2.49. The minimum absolute atomic E-state index is 0.522. The number of hydrogen-bond donors (Lipinski definition) is 1. The first-order valence-corrected chi connectivity index (χ1v) is 7.33. The van der Waals surface area contributed by atoms with Crippen LogP contribution in [0.1, 0.15) is 45.4 Å². The summed E-state index contributed by atoms with van der Waals surface area (Å²) in [6.45, 7) is 3.62. The third-order valence-electron chi connectivity index (χ3n) is 3.96. The second kappa shape index (κ2) is 4.89. The van der Waals surface area contributed by atoms with Gasteiger partial charge in [-0.1, -0.05) is 13.3 Å².